The van der Waals surface area contributed by atoms with E-state index in [1.807, 2.05) is 45.0 Å². The summed E-state index contributed by atoms with van der Waals surface area (Å²) in [5.74, 6) is 1.51. The number of benzene rings is 2. The van der Waals surface area contributed by atoms with E-state index in [1.165, 1.54) is 0 Å². The van der Waals surface area contributed by atoms with Gasteiger partial charge in [0.1, 0.15) is 17.3 Å². The second kappa shape index (κ2) is 8.39. The van der Waals surface area contributed by atoms with Crippen LogP contribution in [0.2, 0.25) is 0 Å². The Morgan fingerprint density at radius 2 is 1.81 bits per heavy atom. The number of para-hydroxylation sites is 1. The van der Waals surface area contributed by atoms with Gasteiger partial charge in [-0.1, -0.05) is 23.4 Å². The van der Waals surface area contributed by atoms with Crippen LogP contribution in [-0.4, -0.2) is 25.2 Å². The van der Waals surface area contributed by atoms with Crippen molar-refractivity contribution in [3.05, 3.63) is 71.5 Å². The molecule has 4 rings (SSSR count). The fraction of sp³-hybridized carbons (Fsp3) is 0.217. The van der Waals surface area contributed by atoms with Gasteiger partial charge >= 0.3 is 0 Å². The molecule has 0 N–H and O–H groups in total. The molecule has 7 nitrogen and oxygen atoms in total. The number of nitrogens with zero attached hydrogens (tertiary/aromatic N) is 2. The van der Waals surface area contributed by atoms with Crippen molar-refractivity contribution >= 4 is 9.84 Å². The monoisotopic (exact) mass is 438 g/mol. The average Bonchev–Trinajstić information content (AvgIpc) is 3.40. The molecule has 0 radical (unpaired) electrons. The number of ether oxygens (including phenoxy) is 1. The molecule has 0 aliphatic carbocycles. The first-order valence-corrected chi connectivity index (χ1v) is 11.5. The Morgan fingerprint density at radius 3 is 2.58 bits per heavy atom. The maximum absolute atomic E-state index is 12.8. The van der Waals surface area contributed by atoms with E-state index in [9.17, 15) is 8.42 Å². The van der Waals surface area contributed by atoms with Crippen LogP contribution in [-0.2, 0) is 15.6 Å². The highest BCUT2D eigenvalue weighted by atomic mass is 32.2. The van der Waals surface area contributed by atoms with Crippen LogP contribution in [0.25, 0.3) is 23.0 Å². The Bertz CT molecular complexity index is 1320. The summed E-state index contributed by atoms with van der Waals surface area (Å²) in [7, 11) is -3.55. The Morgan fingerprint density at radius 1 is 1.00 bits per heavy atom. The second-order valence-corrected chi connectivity index (χ2v) is 9.11. The van der Waals surface area contributed by atoms with E-state index in [1.54, 1.807) is 30.3 Å². The van der Waals surface area contributed by atoms with Crippen molar-refractivity contribution in [3.8, 4) is 28.8 Å². The molecule has 0 saturated carbocycles. The molecule has 0 unspecified atom stereocenters. The summed E-state index contributed by atoms with van der Waals surface area (Å²) in [6, 6.07) is 15.7. The van der Waals surface area contributed by atoms with Crippen LogP contribution in [0, 0.1) is 13.8 Å². The lowest BCUT2D eigenvalue weighted by Crippen LogP contribution is -2.05. The molecule has 0 aliphatic rings. The summed E-state index contributed by atoms with van der Waals surface area (Å²) in [4.78, 5) is 4.65. The number of hydrogen-bond donors (Lipinski definition) is 0. The number of sulfone groups is 1. The van der Waals surface area contributed by atoms with Crippen LogP contribution in [0.1, 0.15) is 23.8 Å². The van der Waals surface area contributed by atoms with E-state index in [0.29, 0.717) is 35.3 Å². The van der Waals surface area contributed by atoms with Gasteiger partial charge < -0.3 is 13.7 Å². The number of hydrogen-bond acceptors (Lipinski definition) is 7. The maximum Gasteiger partial charge on any atom is 0.293 e. The summed E-state index contributed by atoms with van der Waals surface area (Å²) >= 11 is 0. The topological polar surface area (TPSA) is 95.4 Å². The molecule has 0 fully saturated rings. The van der Waals surface area contributed by atoms with E-state index in [-0.39, 0.29) is 16.5 Å². The highest BCUT2D eigenvalue weighted by Crippen LogP contribution is 2.30. The molecule has 0 atom stereocenters. The Hall–Kier alpha value is -3.39. The SMILES string of the molecule is CCOc1ccccc1-c1noc(-c2ccc(CS(=O)(=O)c3ccc(C)c(C)c3)o2)n1. The van der Waals surface area contributed by atoms with Gasteiger partial charge in [-0.25, -0.2) is 8.42 Å². The summed E-state index contributed by atoms with van der Waals surface area (Å²) < 4.78 is 42.2. The number of aryl methyl sites for hydroxylation is 2. The van der Waals surface area contributed by atoms with E-state index in [4.69, 9.17) is 13.7 Å². The zero-order valence-corrected chi connectivity index (χ0v) is 18.3. The largest absolute Gasteiger partial charge is 0.493 e. The molecule has 0 saturated heterocycles. The fourth-order valence-electron chi connectivity index (χ4n) is 3.11. The number of rotatable bonds is 7. The zero-order valence-electron chi connectivity index (χ0n) is 17.5. The quantitative estimate of drug-likeness (QED) is 0.401. The first kappa shape index (κ1) is 20.9. The molecule has 0 bridgehead atoms. The van der Waals surface area contributed by atoms with Gasteiger partial charge in [0.15, 0.2) is 15.6 Å². The molecule has 2 aromatic heterocycles. The van der Waals surface area contributed by atoms with Gasteiger partial charge in [-0.15, -0.1) is 0 Å². The minimum absolute atomic E-state index is 0.163. The van der Waals surface area contributed by atoms with Crippen molar-refractivity contribution in [1.29, 1.82) is 0 Å². The minimum atomic E-state index is -3.55. The molecule has 160 valence electrons. The highest BCUT2D eigenvalue weighted by molar-refractivity contribution is 7.90. The van der Waals surface area contributed by atoms with Gasteiger partial charge in [0.25, 0.3) is 5.89 Å². The first-order chi connectivity index (χ1) is 14.9. The molecule has 8 heteroatoms. The molecule has 0 amide bonds. The number of furan rings is 1. The van der Waals surface area contributed by atoms with Gasteiger partial charge in [-0.2, -0.15) is 4.98 Å². The van der Waals surface area contributed by atoms with Crippen LogP contribution in [0.5, 0.6) is 5.75 Å². The molecule has 31 heavy (non-hydrogen) atoms. The Kier molecular flexibility index (Phi) is 5.65. The maximum atomic E-state index is 12.8. The Balaban J connectivity index is 1.57. The third-order valence-corrected chi connectivity index (χ3v) is 6.53. The van der Waals surface area contributed by atoms with Crippen LogP contribution in [0.15, 0.2) is 68.4 Å². The van der Waals surface area contributed by atoms with E-state index < -0.39 is 9.84 Å². The Labute approximate surface area is 180 Å². The van der Waals surface area contributed by atoms with Gasteiger partial charge in [0, 0.05) is 0 Å². The van der Waals surface area contributed by atoms with E-state index in [0.717, 1.165) is 11.1 Å². The molecule has 0 spiro atoms. The third-order valence-electron chi connectivity index (χ3n) is 4.90. The lowest BCUT2D eigenvalue weighted by molar-refractivity contribution is 0.341. The average molecular weight is 439 g/mol. The van der Waals surface area contributed by atoms with Crippen molar-refractivity contribution in [3.63, 3.8) is 0 Å². The van der Waals surface area contributed by atoms with Crippen LogP contribution in [0.3, 0.4) is 0 Å². The lowest BCUT2D eigenvalue weighted by Gasteiger charge is -2.06. The zero-order chi connectivity index (χ0) is 22.0. The summed E-state index contributed by atoms with van der Waals surface area (Å²) in [6.45, 7) is 6.24. The predicted molar refractivity (Wildman–Crippen MR) is 115 cm³/mol. The smallest absolute Gasteiger partial charge is 0.293 e. The highest BCUT2D eigenvalue weighted by Gasteiger charge is 2.21. The third kappa shape index (κ3) is 4.39. The molecular weight excluding hydrogens is 416 g/mol. The number of aromatic nitrogens is 2. The van der Waals surface area contributed by atoms with Crippen LogP contribution < -0.4 is 4.74 Å². The van der Waals surface area contributed by atoms with Gasteiger partial charge in [-0.3, -0.25) is 0 Å². The van der Waals surface area contributed by atoms with Crippen molar-refractivity contribution in [1.82, 2.24) is 10.1 Å². The van der Waals surface area contributed by atoms with Crippen LogP contribution >= 0.6 is 0 Å². The first-order valence-electron chi connectivity index (χ1n) is 9.82. The second-order valence-electron chi connectivity index (χ2n) is 7.12. The summed E-state index contributed by atoms with van der Waals surface area (Å²) in [5.41, 5.74) is 2.66. The standard InChI is InChI=1S/C23H22N2O5S/c1-4-28-20-8-6-5-7-19(20)22-24-23(30-25-22)21-12-10-17(29-21)14-31(26,27)18-11-9-15(2)16(3)13-18/h5-13H,4,14H2,1-3H3. The van der Waals surface area contributed by atoms with Gasteiger partial charge in [-0.05, 0) is 68.3 Å². The van der Waals surface area contributed by atoms with Crippen LogP contribution in [0.4, 0.5) is 0 Å². The fourth-order valence-corrected chi connectivity index (χ4v) is 4.44. The predicted octanol–water partition coefficient (Wildman–Crippen LogP) is 4.99. The van der Waals surface area contributed by atoms with Crippen molar-refractivity contribution in [2.75, 3.05) is 6.61 Å². The molecule has 2 aromatic carbocycles. The minimum Gasteiger partial charge on any atom is -0.493 e. The summed E-state index contributed by atoms with van der Waals surface area (Å²) in [5, 5.41) is 4.01. The van der Waals surface area contributed by atoms with E-state index in [2.05, 4.69) is 10.1 Å². The van der Waals surface area contributed by atoms with E-state index >= 15 is 0 Å². The van der Waals surface area contributed by atoms with Crippen molar-refractivity contribution in [2.24, 2.45) is 0 Å². The normalized spacial score (nSPS) is 11.6. The van der Waals surface area contributed by atoms with Gasteiger partial charge in [0.2, 0.25) is 5.82 Å². The van der Waals surface area contributed by atoms with Gasteiger partial charge in [0.05, 0.1) is 17.1 Å². The lowest BCUT2D eigenvalue weighted by atomic mass is 10.1. The summed E-state index contributed by atoms with van der Waals surface area (Å²) in [6.07, 6.45) is 0. The molecular formula is C23H22N2O5S. The van der Waals surface area contributed by atoms with Crippen molar-refractivity contribution < 1.29 is 22.1 Å². The molecule has 0 aliphatic heterocycles. The molecule has 4 aromatic rings. The van der Waals surface area contributed by atoms with Crippen molar-refractivity contribution in [2.45, 2.75) is 31.4 Å². The molecule has 2 heterocycles.